The number of rotatable bonds is 6. The van der Waals surface area contributed by atoms with E-state index in [-0.39, 0.29) is 11.3 Å². The maximum atomic E-state index is 12.9. The van der Waals surface area contributed by atoms with E-state index >= 15 is 0 Å². The Balaban J connectivity index is 1.37. The Hall–Kier alpha value is -1.92. The van der Waals surface area contributed by atoms with Crippen LogP contribution in [0.3, 0.4) is 0 Å². The number of imidazole rings is 1. The highest BCUT2D eigenvalue weighted by atomic mass is 32.1. The van der Waals surface area contributed by atoms with E-state index in [1.165, 1.54) is 9.75 Å². The predicted octanol–water partition coefficient (Wildman–Crippen LogP) is 4.37. The van der Waals surface area contributed by atoms with E-state index in [2.05, 4.69) is 38.2 Å². The molecule has 1 fully saturated rings. The van der Waals surface area contributed by atoms with E-state index in [1.54, 1.807) is 22.7 Å². The molecule has 3 heterocycles. The lowest BCUT2D eigenvalue weighted by molar-refractivity contribution is -0.126. The van der Waals surface area contributed by atoms with Gasteiger partial charge in [-0.1, -0.05) is 25.0 Å². The van der Waals surface area contributed by atoms with Crippen LogP contribution in [0, 0.1) is 0 Å². The molecule has 0 aliphatic heterocycles. The number of nitrogens with one attached hydrogen (secondary N) is 2. The van der Waals surface area contributed by atoms with Crippen LogP contribution in [0.15, 0.2) is 41.2 Å². The number of carbonyl (C=O) groups excluding carboxylic acids is 1. The van der Waals surface area contributed by atoms with Crippen molar-refractivity contribution in [3.63, 3.8) is 0 Å². The Bertz CT molecular complexity index is 815. The van der Waals surface area contributed by atoms with Crippen molar-refractivity contribution in [2.24, 2.45) is 0 Å². The second-order valence-electron chi connectivity index (χ2n) is 6.49. The molecule has 25 heavy (non-hydrogen) atoms. The van der Waals surface area contributed by atoms with Gasteiger partial charge in [0.2, 0.25) is 5.91 Å². The number of amides is 1. The fraction of sp³-hybridized carbons (Fsp3) is 0.368. The molecule has 0 atom stereocenters. The Morgan fingerprint density at radius 1 is 1.20 bits per heavy atom. The number of nitrogens with zero attached hydrogens (tertiary/aromatic N) is 1. The van der Waals surface area contributed by atoms with E-state index in [9.17, 15) is 4.79 Å². The Labute approximate surface area is 155 Å². The first-order chi connectivity index (χ1) is 12.3. The maximum Gasteiger partial charge on any atom is 0.231 e. The zero-order chi connectivity index (χ0) is 17.1. The predicted molar refractivity (Wildman–Crippen MR) is 103 cm³/mol. The molecule has 1 aliphatic carbocycles. The van der Waals surface area contributed by atoms with Gasteiger partial charge in [-0.15, -0.1) is 22.7 Å². The van der Waals surface area contributed by atoms with Crippen LogP contribution in [-0.2, 0) is 16.6 Å². The van der Waals surface area contributed by atoms with Gasteiger partial charge in [-0.2, -0.15) is 0 Å². The molecule has 0 bridgehead atoms. The van der Waals surface area contributed by atoms with E-state index in [1.807, 2.05) is 18.3 Å². The number of aromatic amines is 1. The van der Waals surface area contributed by atoms with Gasteiger partial charge in [0, 0.05) is 17.8 Å². The molecule has 6 heteroatoms. The first-order valence-corrected chi connectivity index (χ1v) is 10.4. The molecule has 0 saturated heterocycles. The van der Waals surface area contributed by atoms with E-state index < -0.39 is 0 Å². The molecule has 4 nitrogen and oxygen atoms in total. The van der Waals surface area contributed by atoms with Crippen LogP contribution in [0.2, 0.25) is 0 Å². The summed E-state index contributed by atoms with van der Waals surface area (Å²) in [5, 5.41) is 7.28. The molecule has 0 unspecified atom stereocenters. The van der Waals surface area contributed by atoms with Crippen LogP contribution >= 0.6 is 22.7 Å². The molecular formula is C19H21N3OS2. The maximum absolute atomic E-state index is 12.9. The summed E-state index contributed by atoms with van der Waals surface area (Å²) in [6.45, 7) is 0.614. The molecule has 3 aromatic heterocycles. The minimum absolute atomic E-state index is 0.178. The van der Waals surface area contributed by atoms with E-state index in [0.717, 1.165) is 43.6 Å². The van der Waals surface area contributed by atoms with E-state index in [0.29, 0.717) is 6.54 Å². The van der Waals surface area contributed by atoms with Gasteiger partial charge in [-0.05, 0) is 35.7 Å². The normalized spacial score (nSPS) is 16.2. The molecule has 1 aliphatic rings. The van der Waals surface area contributed by atoms with Gasteiger partial charge in [0.15, 0.2) is 0 Å². The minimum Gasteiger partial charge on any atom is -0.355 e. The van der Waals surface area contributed by atoms with Crippen molar-refractivity contribution in [2.75, 3.05) is 6.54 Å². The smallest absolute Gasteiger partial charge is 0.231 e. The number of thiophene rings is 2. The third-order valence-electron chi connectivity index (χ3n) is 4.95. The molecule has 1 amide bonds. The molecule has 0 aromatic carbocycles. The van der Waals surface area contributed by atoms with Crippen LogP contribution in [0.1, 0.15) is 36.4 Å². The number of H-pyrrole nitrogens is 1. The molecular weight excluding hydrogens is 350 g/mol. The van der Waals surface area contributed by atoms with Crippen LogP contribution < -0.4 is 5.32 Å². The molecule has 3 aromatic rings. The summed E-state index contributed by atoms with van der Waals surface area (Å²) in [5.74, 6) is 1.10. The van der Waals surface area contributed by atoms with Gasteiger partial charge < -0.3 is 10.3 Å². The zero-order valence-electron chi connectivity index (χ0n) is 14.0. The molecule has 2 N–H and O–H groups in total. The number of hydrogen-bond donors (Lipinski definition) is 2. The molecule has 1 saturated carbocycles. The van der Waals surface area contributed by atoms with Gasteiger partial charge in [-0.25, -0.2) is 4.98 Å². The van der Waals surface area contributed by atoms with Crippen molar-refractivity contribution in [3.8, 4) is 10.6 Å². The van der Waals surface area contributed by atoms with Crippen molar-refractivity contribution in [1.82, 2.24) is 15.3 Å². The zero-order valence-corrected chi connectivity index (χ0v) is 15.6. The van der Waals surface area contributed by atoms with Crippen LogP contribution in [-0.4, -0.2) is 22.4 Å². The van der Waals surface area contributed by atoms with Gasteiger partial charge in [0.05, 0.1) is 22.2 Å². The number of carbonyl (C=O) groups is 1. The van der Waals surface area contributed by atoms with Gasteiger partial charge in [-0.3, -0.25) is 4.79 Å². The van der Waals surface area contributed by atoms with Crippen molar-refractivity contribution < 1.29 is 4.79 Å². The van der Waals surface area contributed by atoms with Crippen LogP contribution in [0.5, 0.6) is 0 Å². The average molecular weight is 372 g/mol. The first-order valence-electron chi connectivity index (χ1n) is 8.68. The standard InChI is InChI=1S/C19H21N3OS2/c23-18(19(8-1-2-9-19)16-6-4-12-25-16)20-10-7-17-21-13-14(22-17)15-5-3-11-24-15/h3-6,11-13H,1-2,7-10H2,(H,20,23)(H,21,22). The summed E-state index contributed by atoms with van der Waals surface area (Å²) >= 11 is 3.39. The molecule has 130 valence electrons. The summed E-state index contributed by atoms with van der Waals surface area (Å²) in [6.07, 6.45) is 6.78. The average Bonchev–Trinajstić information content (AvgIpc) is 3.43. The van der Waals surface area contributed by atoms with E-state index in [4.69, 9.17) is 0 Å². The number of aromatic nitrogens is 2. The van der Waals surface area contributed by atoms with Crippen molar-refractivity contribution in [1.29, 1.82) is 0 Å². The van der Waals surface area contributed by atoms with Gasteiger partial charge in [0.1, 0.15) is 5.82 Å². The second-order valence-corrected chi connectivity index (χ2v) is 8.39. The quantitative estimate of drug-likeness (QED) is 0.676. The molecule has 0 radical (unpaired) electrons. The van der Waals surface area contributed by atoms with Crippen molar-refractivity contribution in [3.05, 3.63) is 51.9 Å². The fourth-order valence-corrected chi connectivity index (χ4v) is 5.30. The summed E-state index contributed by atoms with van der Waals surface area (Å²) in [4.78, 5) is 23.1. The third kappa shape index (κ3) is 3.28. The van der Waals surface area contributed by atoms with Crippen LogP contribution in [0.25, 0.3) is 10.6 Å². The SMILES string of the molecule is O=C(NCCc1ncc(-c2cccs2)[nH]1)C1(c2cccs2)CCCC1. The minimum atomic E-state index is -0.306. The summed E-state index contributed by atoms with van der Waals surface area (Å²) < 4.78 is 0. The number of hydrogen-bond acceptors (Lipinski definition) is 4. The van der Waals surface area contributed by atoms with Crippen molar-refractivity contribution >= 4 is 28.6 Å². The highest BCUT2D eigenvalue weighted by Crippen LogP contribution is 2.43. The fourth-order valence-electron chi connectivity index (χ4n) is 3.62. The van der Waals surface area contributed by atoms with Gasteiger partial charge >= 0.3 is 0 Å². The lowest BCUT2D eigenvalue weighted by atomic mass is 9.83. The second kappa shape index (κ2) is 7.14. The lowest BCUT2D eigenvalue weighted by Gasteiger charge is -2.26. The molecule has 0 spiro atoms. The van der Waals surface area contributed by atoms with Gasteiger partial charge in [0.25, 0.3) is 0 Å². The lowest BCUT2D eigenvalue weighted by Crippen LogP contribution is -2.42. The highest BCUT2D eigenvalue weighted by Gasteiger charge is 2.43. The summed E-state index contributed by atoms with van der Waals surface area (Å²) in [6, 6.07) is 8.26. The molecule has 4 rings (SSSR count). The summed E-state index contributed by atoms with van der Waals surface area (Å²) in [7, 11) is 0. The van der Waals surface area contributed by atoms with Crippen molar-refractivity contribution in [2.45, 2.75) is 37.5 Å². The monoisotopic (exact) mass is 371 g/mol. The topological polar surface area (TPSA) is 57.8 Å². The third-order valence-corrected chi connectivity index (χ3v) is 6.92. The highest BCUT2D eigenvalue weighted by molar-refractivity contribution is 7.13. The Morgan fingerprint density at radius 2 is 2.00 bits per heavy atom. The summed E-state index contributed by atoms with van der Waals surface area (Å²) in [5.41, 5.74) is 0.738. The Morgan fingerprint density at radius 3 is 2.72 bits per heavy atom. The largest absolute Gasteiger partial charge is 0.355 e. The first kappa shape index (κ1) is 16.5. The van der Waals surface area contributed by atoms with Crippen LogP contribution in [0.4, 0.5) is 0 Å². The Kier molecular flexibility index (Phi) is 4.72.